The summed E-state index contributed by atoms with van der Waals surface area (Å²) < 4.78 is 0. The Bertz CT molecular complexity index is 637. The van der Waals surface area contributed by atoms with Gasteiger partial charge in [-0.2, -0.15) is 0 Å². The summed E-state index contributed by atoms with van der Waals surface area (Å²) in [5.74, 6) is 0. The van der Waals surface area contributed by atoms with Crippen molar-refractivity contribution in [1.29, 1.82) is 0 Å². The van der Waals surface area contributed by atoms with Crippen molar-refractivity contribution >= 4 is 23.1 Å². The van der Waals surface area contributed by atoms with Gasteiger partial charge >= 0.3 is 6.03 Å². The van der Waals surface area contributed by atoms with Gasteiger partial charge < -0.3 is 10.6 Å². The molecule has 2 aromatic rings. The van der Waals surface area contributed by atoms with Gasteiger partial charge in [0.15, 0.2) is 0 Å². The standard InChI is InChI=1S/C17H19N3O/c1-13-7-9-14(10-8-13)19-17(21)20-12-4-11-18-15-5-2-3-6-16(15)20/h2-3,5-10,18H,4,11-12H2,1H3,(H,19,21). The van der Waals surface area contributed by atoms with Gasteiger partial charge in [-0.1, -0.05) is 29.8 Å². The van der Waals surface area contributed by atoms with Crippen molar-refractivity contribution in [1.82, 2.24) is 0 Å². The van der Waals surface area contributed by atoms with E-state index in [0.717, 1.165) is 30.0 Å². The lowest BCUT2D eigenvalue weighted by molar-refractivity contribution is 0.257. The third-order valence-corrected chi connectivity index (χ3v) is 3.62. The van der Waals surface area contributed by atoms with Gasteiger partial charge in [0.1, 0.15) is 0 Å². The Morgan fingerprint density at radius 1 is 1.14 bits per heavy atom. The average Bonchev–Trinajstić information content (AvgIpc) is 2.72. The number of hydrogen-bond acceptors (Lipinski definition) is 2. The summed E-state index contributed by atoms with van der Waals surface area (Å²) in [5.41, 5.74) is 3.94. The minimum Gasteiger partial charge on any atom is -0.383 e. The average molecular weight is 281 g/mol. The second-order valence-corrected chi connectivity index (χ2v) is 5.25. The third kappa shape index (κ3) is 2.99. The van der Waals surface area contributed by atoms with E-state index in [0.29, 0.717) is 6.54 Å². The molecule has 0 saturated heterocycles. The lowest BCUT2D eigenvalue weighted by atomic mass is 10.2. The zero-order chi connectivity index (χ0) is 14.7. The second-order valence-electron chi connectivity index (χ2n) is 5.25. The number of anilines is 3. The van der Waals surface area contributed by atoms with Crippen LogP contribution in [0.5, 0.6) is 0 Å². The highest BCUT2D eigenvalue weighted by molar-refractivity contribution is 6.03. The summed E-state index contributed by atoms with van der Waals surface area (Å²) in [6.07, 6.45) is 0.927. The van der Waals surface area contributed by atoms with E-state index in [1.807, 2.05) is 55.5 Å². The second kappa shape index (κ2) is 5.87. The summed E-state index contributed by atoms with van der Waals surface area (Å²) in [6, 6.07) is 15.7. The van der Waals surface area contributed by atoms with E-state index in [2.05, 4.69) is 10.6 Å². The molecule has 0 bridgehead atoms. The minimum absolute atomic E-state index is 0.0880. The number of nitrogens with zero attached hydrogens (tertiary/aromatic N) is 1. The quantitative estimate of drug-likeness (QED) is 0.834. The third-order valence-electron chi connectivity index (χ3n) is 3.62. The predicted molar refractivity (Wildman–Crippen MR) is 87.1 cm³/mol. The molecular formula is C17H19N3O. The van der Waals surface area contributed by atoms with Gasteiger partial charge in [0, 0.05) is 18.8 Å². The molecule has 0 aromatic heterocycles. The highest BCUT2D eigenvalue weighted by Gasteiger charge is 2.20. The topological polar surface area (TPSA) is 44.4 Å². The molecule has 1 aliphatic rings. The van der Waals surface area contributed by atoms with Gasteiger partial charge in [-0.15, -0.1) is 0 Å². The zero-order valence-electron chi connectivity index (χ0n) is 12.1. The van der Waals surface area contributed by atoms with E-state index in [-0.39, 0.29) is 6.03 Å². The molecule has 0 atom stereocenters. The summed E-state index contributed by atoms with van der Waals surface area (Å²) in [5, 5.41) is 6.33. The largest absolute Gasteiger partial charge is 0.383 e. The first-order chi connectivity index (χ1) is 10.2. The molecule has 0 saturated carbocycles. The zero-order valence-corrected chi connectivity index (χ0v) is 12.1. The van der Waals surface area contributed by atoms with E-state index >= 15 is 0 Å². The van der Waals surface area contributed by atoms with Crippen LogP contribution >= 0.6 is 0 Å². The number of fused-ring (bicyclic) bond motifs is 1. The van der Waals surface area contributed by atoms with Crippen LogP contribution in [0.3, 0.4) is 0 Å². The monoisotopic (exact) mass is 281 g/mol. The Morgan fingerprint density at radius 3 is 2.71 bits per heavy atom. The highest BCUT2D eigenvalue weighted by atomic mass is 16.2. The van der Waals surface area contributed by atoms with Gasteiger partial charge in [-0.05, 0) is 37.6 Å². The van der Waals surface area contributed by atoms with Crippen molar-refractivity contribution in [2.45, 2.75) is 13.3 Å². The number of carbonyl (C=O) groups is 1. The first-order valence-corrected chi connectivity index (χ1v) is 7.22. The molecule has 0 radical (unpaired) electrons. The van der Waals surface area contributed by atoms with Crippen LogP contribution in [0.15, 0.2) is 48.5 Å². The fourth-order valence-electron chi connectivity index (χ4n) is 2.48. The number of nitrogens with one attached hydrogen (secondary N) is 2. The maximum atomic E-state index is 12.6. The fourth-order valence-corrected chi connectivity index (χ4v) is 2.48. The molecule has 1 aliphatic heterocycles. The molecule has 0 unspecified atom stereocenters. The van der Waals surface area contributed by atoms with Gasteiger partial charge in [0.05, 0.1) is 11.4 Å². The molecule has 3 rings (SSSR count). The maximum Gasteiger partial charge on any atom is 0.326 e. The molecule has 2 amide bonds. The number of hydrogen-bond donors (Lipinski definition) is 2. The van der Waals surface area contributed by atoms with E-state index in [1.165, 1.54) is 5.56 Å². The number of para-hydroxylation sites is 2. The van der Waals surface area contributed by atoms with Crippen LogP contribution in [-0.4, -0.2) is 19.1 Å². The Labute approximate surface area is 124 Å². The molecule has 2 N–H and O–H groups in total. The van der Waals surface area contributed by atoms with Crippen molar-refractivity contribution < 1.29 is 4.79 Å². The van der Waals surface area contributed by atoms with Crippen molar-refractivity contribution in [2.75, 3.05) is 28.6 Å². The van der Waals surface area contributed by atoms with E-state index in [4.69, 9.17) is 0 Å². The van der Waals surface area contributed by atoms with Crippen LogP contribution < -0.4 is 15.5 Å². The lowest BCUT2D eigenvalue weighted by Gasteiger charge is -2.22. The Hall–Kier alpha value is -2.49. The first kappa shape index (κ1) is 13.5. The molecule has 0 fully saturated rings. The summed E-state index contributed by atoms with van der Waals surface area (Å²) >= 11 is 0. The molecule has 108 valence electrons. The lowest BCUT2D eigenvalue weighted by Crippen LogP contribution is -2.35. The van der Waals surface area contributed by atoms with Gasteiger partial charge in [0.25, 0.3) is 0 Å². The van der Waals surface area contributed by atoms with Crippen molar-refractivity contribution in [2.24, 2.45) is 0 Å². The number of urea groups is 1. The Balaban J connectivity index is 1.82. The number of benzene rings is 2. The molecule has 1 heterocycles. The predicted octanol–water partition coefficient (Wildman–Crippen LogP) is 3.85. The van der Waals surface area contributed by atoms with Crippen LogP contribution in [0.25, 0.3) is 0 Å². The molecule has 21 heavy (non-hydrogen) atoms. The molecule has 4 nitrogen and oxygen atoms in total. The van der Waals surface area contributed by atoms with Crippen LogP contribution in [-0.2, 0) is 0 Å². The summed E-state index contributed by atoms with van der Waals surface area (Å²) in [7, 11) is 0. The SMILES string of the molecule is Cc1ccc(NC(=O)N2CCCNc3ccccc32)cc1. The smallest absolute Gasteiger partial charge is 0.326 e. The van der Waals surface area contributed by atoms with E-state index in [9.17, 15) is 4.79 Å². The van der Waals surface area contributed by atoms with E-state index in [1.54, 1.807) is 4.90 Å². The van der Waals surface area contributed by atoms with Crippen molar-refractivity contribution in [3.05, 3.63) is 54.1 Å². The number of rotatable bonds is 1. The van der Waals surface area contributed by atoms with Gasteiger partial charge in [0.2, 0.25) is 0 Å². The van der Waals surface area contributed by atoms with E-state index < -0.39 is 0 Å². The Kier molecular flexibility index (Phi) is 3.77. The maximum absolute atomic E-state index is 12.6. The number of aryl methyl sites for hydroxylation is 1. The number of carbonyl (C=O) groups excluding carboxylic acids is 1. The summed E-state index contributed by atoms with van der Waals surface area (Å²) in [4.78, 5) is 14.4. The van der Waals surface area contributed by atoms with Crippen molar-refractivity contribution in [3.63, 3.8) is 0 Å². The molecular weight excluding hydrogens is 262 g/mol. The van der Waals surface area contributed by atoms with Crippen LogP contribution in [0, 0.1) is 6.92 Å². The molecule has 4 heteroatoms. The highest BCUT2D eigenvalue weighted by Crippen LogP contribution is 2.28. The van der Waals surface area contributed by atoms with Crippen LogP contribution in [0.1, 0.15) is 12.0 Å². The minimum atomic E-state index is -0.0880. The van der Waals surface area contributed by atoms with Crippen LogP contribution in [0.4, 0.5) is 21.9 Å². The molecule has 0 spiro atoms. The normalized spacial score (nSPS) is 13.9. The fraction of sp³-hybridized carbons (Fsp3) is 0.235. The Morgan fingerprint density at radius 2 is 1.90 bits per heavy atom. The molecule has 2 aromatic carbocycles. The summed E-state index contributed by atoms with van der Waals surface area (Å²) in [6.45, 7) is 3.62. The van der Waals surface area contributed by atoms with Crippen molar-refractivity contribution in [3.8, 4) is 0 Å². The van der Waals surface area contributed by atoms with Crippen LogP contribution in [0.2, 0.25) is 0 Å². The number of amides is 2. The van der Waals surface area contributed by atoms with Gasteiger partial charge in [-0.3, -0.25) is 4.90 Å². The molecule has 0 aliphatic carbocycles. The first-order valence-electron chi connectivity index (χ1n) is 7.22. The van der Waals surface area contributed by atoms with Gasteiger partial charge in [-0.25, -0.2) is 4.79 Å².